The Hall–Kier alpha value is -2.25. The number of aliphatic carboxylic acids is 1. The Bertz CT molecular complexity index is 561. The van der Waals surface area contributed by atoms with E-state index in [0.717, 1.165) is 6.42 Å². The summed E-state index contributed by atoms with van der Waals surface area (Å²) in [6.07, 6.45) is 5.02. The SMILES string of the molecule is CCCC(CC(=O)O)n1nnnc1-c1cn(C)cn1. The molecular formula is C11H16N6O2. The maximum Gasteiger partial charge on any atom is 0.305 e. The summed E-state index contributed by atoms with van der Waals surface area (Å²) in [6, 6.07) is -0.255. The van der Waals surface area contributed by atoms with Gasteiger partial charge in [-0.2, -0.15) is 0 Å². The molecule has 0 amide bonds. The van der Waals surface area contributed by atoms with E-state index >= 15 is 0 Å². The van der Waals surface area contributed by atoms with Crippen LogP contribution >= 0.6 is 0 Å². The van der Waals surface area contributed by atoms with Gasteiger partial charge in [-0.1, -0.05) is 13.3 Å². The van der Waals surface area contributed by atoms with Gasteiger partial charge in [0.1, 0.15) is 5.69 Å². The fraction of sp³-hybridized carbons (Fsp3) is 0.545. The second-order valence-corrected chi connectivity index (χ2v) is 4.41. The molecule has 0 saturated carbocycles. The van der Waals surface area contributed by atoms with E-state index in [0.29, 0.717) is 17.9 Å². The second-order valence-electron chi connectivity index (χ2n) is 4.41. The highest BCUT2D eigenvalue weighted by molar-refractivity contribution is 5.67. The van der Waals surface area contributed by atoms with E-state index in [1.54, 1.807) is 21.8 Å². The van der Waals surface area contributed by atoms with Gasteiger partial charge in [0.25, 0.3) is 0 Å². The van der Waals surface area contributed by atoms with Crippen molar-refractivity contribution in [2.75, 3.05) is 0 Å². The Morgan fingerprint density at radius 2 is 2.32 bits per heavy atom. The van der Waals surface area contributed by atoms with Gasteiger partial charge in [-0.3, -0.25) is 4.79 Å². The predicted molar refractivity (Wildman–Crippen MR) is 66.2 cm³/mol. The van der Waals surface area contributed by atoms with Gasteiger partial charge in [0.05, 0.1) is 18.8 Å². The van der Waals surface area contributed by atoms with Crippen molar-refractivity contribution in [2.45, 2.75) is 32.2 Å². The molecule has 2 heterocycles. The summed E-state index contributed by atoms with van der Waals surface area (Å²) in [5.41, 5.74) is 0.638. The maximum atomic E-state index is 10.9. The van der Waals surface area contributed by atoms with Crippen LogP contribution in [0.3, 0.4) is 0 Å². The number of carbonyl (C=O) groups is 1. The molecule has 102 valence electrons. The van der Waals surface area contributed by atoms with Gasteiger partial charge in [-0.15, -0.1) is 5.10 Å². The van der Waals surface area contributed by atoms with Crippen LogP contribution in [0.15, 0.2) is 12.5 Å². The monoisotopic (exact) mass is 264 g/mol. The fourth-order valence-electron chi connectivity index (χ4n) is 1.98. The van der Waals surface area contributed by atoms with E-state index in [9.17, 15) is 4.79 Å². The van der Waals surface area contributed by atoms with Gasteiger partial charge in [0.2, 0.25) is 5.82 Å². The molecule has 8 nitrogen and oxygen atoms in total. The average Bonchev–Trinajstić information content (AvgIpc) is 2.95. The first kappa shape index (κ1) is 13.2. The molecule has 2 rings (SSSR count). The van der Waals surface area contributed by atoms with Crippen LogP contribution in [0.25, 0.3) is 11.5 Å². The van der Waals surface area contributed by atoms with Crippen molar-refractivity contribution in [1.82, 2.24) is 29.8 Å². The number of carboxylic acids is 1. The van der Waals surface area contributed by atoms with Crippen molar-refractivity contribution in [3.05, 3.63) is 12.5 Å². The molecule has 0 spiro atoms. The molecule has 1 N–H and O–H groups in total. The first-order valence-electron chi connectivity index (χ1n) is 6.09. The number of aryl methyl sites for hydroxylation is 1. The fourth-order valence-corrected chi connectivity index (χ4v) is 1.98. The summed E-state index contributed by atoms with van der Waals surface area (Å²) in [6.45, 7) is 2.00. The summed E-state index contributed by atoms with van der Waals surface area (Å²) in [4.78, 5) is 15.1. The van der Waals surface area contributed by atoms with E-state index in [-0.39, 0.29) is 12.5 Å². The van der Waals surface area contributed by atoms with E-state index in [1.165, 1.54) is 0 Å². The van der Waals surface area contributed by atoms with Crippen molar-refractivity contribution in [2.24, 2.45) is 7.05 Å². The van der Waals surface area contributed by atoms with Crippen molar-refractivity contribution in [3.8, 4) is 11.5 Å². The van der Waals surface area contributed by atoms with Gasteiger partial charge in [-0.25, -0.2) is 9.67 Å². The number of aromatic nitrogens is 6. The molecule has 0 radical (unpaired) electrons. The molecule has 1 atom stereocenters. The Morgan fingerprint density at radius 3 is 2.89 bits per heavy atom. The van der Waals surface area contributed by atoms with Crippen LogP contribution in [0.4, 0.5) is 0 Å². The van der Waals surface area contributed by atoms with Gasteiger partial charge >= 0.3 is 5.97 Å². The average molecular weight is 264 g/mol. The molecule has 0 aliphatic heterocycles. The lowest BCUT2D eigenvalue weighted by molar-refractivity contribution is -0.138. The van der Waals surface area contributed by atoms with Crippen LogP contribution in [0.1, 0.15) is 32.2 Å². The lowest BCUT2D eigenvalue weighted by atomic mass is 10.1. The zero-order chi connectivity index (χ0) is 13.8. The summed E-state index contributed by atoms with van der Waals surface area (Å²) in [7, 11) is 1.85. The molecule has 0 aliphatic carbocycles. The van der Waals surface area contributed by atoms with Gasteiger partial charge in [0, 0.05) is 13.2 Å². The van der Waals surface area contributed by atoms with Crippen LogP contribution in [0.2, 0.25) is 0 Å². The summed E-state index contributed by atoms with van der Waals surface area (Å²) < 4.78 is 3.35. The third-order valence-electron chi connectivity index (χ3n) is 2.80. The van der Waals surface area contributed by atoms with E-state index in [4.69, 9.17) is 5.11 Å². The standard InChI is InChI=1S/C11H16N6O2/c1-3-4-8(5-10(18)19)17-11(13-14-15-17)9-6-16(2)7-12-9/h6-8H,3-5H2,1-2H3,(H,18,19). The van der Waals surface area contributed by atoms with E-state index in [2.05, 4.69) is 20.5 Å². The highest BCUT2D eigenvalue weighted by atomic mass is 16.4. The molecule has 0 saturated heterocycles. The number of imidazole rings is 1. The summed E-state index contributed by atoms with van der Waals surface area (Å²) in [5, 5.41) is 20.5. The topological polar surface area (TPSA) is 98.7 Å². The Morgan fingerprint density at radius 1 is 1.53 bits per heavy atom. The van der Waals surface area contributed by atoms with Crippen molar-refractivity contribution >= 4 is 5.97 Å². The molecule has 0 fully saturated rings. The highest BCUT2D eigenvalue weighted by Gasteiger charge is 2.21. The number of hydrogen-bond donors (Lipinski definition) is 1. The molecule has 2 aromatic rings. The van der Waals surface area contributed by atoms with Gasteiger partial charge in [-0.05, 0) is 16.8 Å². The number of carboxylic acid groups (broad SMARTS) is 1. The molecule has 0 aromatic carbocycles. The molecule has 1 unspecified atom stereocenters. The molecule has 0 aliphatic rings. The van der Waals surface area contributed by atoms with E-state index < -0.39 is 5.97 Å². The zero-order valence-electron chi connectivity index (χ0n) is 10.9. The molecular weight excluding hydrogens is 248 g/mol. The summed E-state index contributed by atoms with van der Waals surface area (Å²) in [5.74, 6) is -0.360. The minimum atomic E-state index is -0.860. The molecule has 19 heavy (non-hydrogen) atoms. The van der Waals surface area contributed by atoms with Crippen LogP contribution in [-0.2, 0) is 11.8 Å². The third kappa shape index (κ3) is 2.95. The molecule has 0 bridgehead atoms. The zero-order valence-corrected chi connectivity index (χ0v) is 10.9. The van der Waals surface area contributed by atoms with Crippen molar-refractivity contribution in [3.63, 3.8) is 0 Å². The highest BCUT2D eigenvalue weighted by Crippen LogP contribution is 2.22. The maximum absolute atomic E-state index is 10.9. The number of rotatable bonds is 6. The lowest BCUT2D eigenvalue weighted by Crippen LogP contribution is -2.16. The number of nitrogens with zero attached hydrogens (tertiary/aromatic N) is 6. The van der Waals surface area contributed by atoms with Crippen LogP contribution in [0, 0.1) is 0 Å². The quantitative estimate of drug-likeness (QED) is 0.831. The minimum absolute atomic E-state index is 0.00128. The van der Waals surface area contributed by atoms with Gasteiger partial charge < -0.3 is 9.67 Å². The lowest BCUT2D eigenvalue weighted by Gasteiger charge is -2.14. The first-order chi connectivity index (χ1) is 9.11. The Labute approximate surface area is 110 Å². The predicted octanol–water partition coefficient (Wildman–Crippen LogP) is 0.889. The second kappa shape index (κ2) is 5.59. The minimum Gasteiger partial charge on any atom is -0.481 e. The molecule has 8 heteroatoms. The van der Waals surface area contributed by atoms with Crippen LogP contribution in [-0.4, -0.2) is 40.8 Å². The third-order valence-corrected chi connectivity index (χ3v) is 2.80. The Kier molecular flexibility index (Phi) is 3.88. The Balaban J connectivity index is 2.33. The summed E-state index contributed by atoms with van der Waals surface area (Å²) >= 11 is 0. The van der Waals surface area contributed by atoms with Gasteiger partial charge in [0.15, 0.2) is 0 Å². The smallest absolute Gasteiger partial charge is 0.305 e. The molecule has 2 aromatic heterocycles. The van der Waals surface area contributed by atoms with E-state index in [1.807, 2.05) is 14.0 Å². The van der Waals surface area contributed by atoms with Crippen LogP contribution < -0.4 is 0 Å². The normalized spacial score (nSPS) is 12.5. The van der Waals surface area contributed by atoms with Crippen molar-refractivity contribution in [1.29, 1.82) is 0 Å². The largest absolute Gasteiger partial charge is 0.481 e. The number of tetrazole rings is 1. The number of hydrogen-bond acceptors (Lipinski definition) is 5. The van der Waals surface area contributed by atoms with Crippen molar-refractivity contribution < 1.29 is 9.90 Å². The van der Waals surface area contributed by atoms with Crippen LogP contribution in [0.5, 0.6) is 0 Å². The first-order valence-corrected chi connectivity index (χ1v) is 6.09.